The number of benzene rings is 3. The van der Waals surface area contributed by atoms with Gasteiger partial charge in [-0.2, -0.15) is 5.26 Å². The molecule has 0 saturated carbocycles. The summed E-state index contributed by atoms with van der Waals surface area (Å²) in [6.45, 7) is 4.72. The van der Waals surface area contributed by atoms with Gasteiger partial charge in [0.15, 0.2) is 0 Å². The number of carbonyl (C=O) groups excluding carboxylic acids is 2. The van der Waals surface area contributed by atoms with Gasteiger partial charge in [-0.05, 0) is 60.6 Å². The van der Waals surface area contributed by atoms with Gasteiger partial charge in [0.05, 0.1) is 36.2 Å². The van der Waals surface area contributed by atoms with Crippen LogP contribution in [-0.4, -0.2) is 80.8 Å². The van der Waals surface area contributed by atoms with Gasteiger partial charge in [-0.15, -0.1) is 0 Å². The topological polar surface area (TPSA) is 101 Å². The molecule has 0 radical (unpaired) electrons. The highest BCUT2D eigenvalue weighted by Crippen LogP contribution is 2.38. The standard InChI is InChI=1S/C32H32N6O3/c1-36-12-14-38(15-13-36)20-29(39)37(2)25-8-6-24(7-9-25)34-31(23-5-4-22-11-16-41-28(22)18-23)30-26-10-3-21(19-33)17-27(26)35-32(30)40/h3-10,17-18,30H,11-16,20H2,1-2H3,(H,35,40). The normalized spacial score (nSPS) is 18.7. The Labute approximate surface area is 239 Å². The summed E-state index contributed by atoms with van der Waals surface area (Å²) >= 11 is 0. The van der Waals surface area contributed by atoms with Crippen LogP contribution in [-0.2, 0) is 16.0 Å². The molecule has 0 aliphatic carbocycles. The maximum Gasteiger partial charge on any atom is 0.240 e. The third-order valence-corrected chi connectivity index (χ3v) is 8.09. The van der Waals surface area contributed by atoms with Crippen LogP contribution in [0.25, 0.3) is 0 Å². The number of aliphatic imine (C=N–C) groups is 1. The Kier molecular flexibility index (Phi) is 7.26. The predicted molar refractivity (Wildman–Crippen MR) is 158 cm³/mol. The average molecular weight is 549 g/mol. The number of likely N-dealkylation sites (N-methyl/N-ethyl adjacent to an activating group) is 2. The molecule has 2 amide bonds. The van der Waals surface area contributed by atoms with Gasteiger partial charge in [-0.1, -0.05) is 18.2 Å². The largest absolute Gasteiger partial charge is 0.493 e. The van der Waals surface area contributed by atoms with Crippen molar-refractivity contribution in [1.82, 2.24) is 9.80 Å². The summed E-state index contributed by atoms with van der Waals surface area (Å²) in [4.78, 5) is 37.4. The Balaban J connectivity index is 1.30. The van der Waals surface area contributed by atoms with E-state index in [0.717, 1.165) is 60.7 Å². The summed E-state index contributed by atoms with van der Waals surface area (Å²) in [6.07, 6.45) is 0.855. The summed E-state index contributed by atoms with van der Waals surface area (Å²) in [7, 11) is 3.89. The number of nitrogens with one attached hydrogen (secondary N) is 1. The Morgan fingerprint density at radius 1 is 1.10 bits per heavy atom. The second-order valence-electron chi connectivity index (χ2n) is 10.8. The summed E-state index contributed by atoms with van der Waals surface area (Å²) < 4.78 is 5.82. The van der Waals surface area contributed by atoms with Gasteiger partial charge in [-0.25, -0.2) is 0 Å². The maximum absolute atomic E-state index is 13.3. The zero-order valence-electron chi connectivity index (χ0n) is 23.3. The van der Waals surface area contributed by atoms with Crippen LogP contribution < -0.4 is 15.0 Å². The molecular weight excluding hydrogens is 516 g/mol. The third kappa shape index (κ3) is 5.44. The molecule has 9 heteroatoms. The lowest BCUT2D eigenvalue weighted by atomic mass is 9.89. The number of piperazine rings is 1. The van der Waals surface area contributed by atoms with Crippen LogP contribution in [0.4, 0.5) is 17.1 Å². The van der Waals surface area contributed by atoms with E-state index in [4.69, 9.17) is 9.73 Å². The smallest absolute Gasteiger partial charge is 0.240 e. The molecule has 208 valence electrons. The maximum atomic E-state index is 13.3. The van der Waals surface area contributed by atoms with Crippen molar-refractivity contribution in [3.63, 3.8) is 0 Å². The van der Waals surface area contributed by atoms with Gasteiger partial charge in [0.2, 0.25) is 11.8 Å². The Morgan fingerprint density at radius 3 is 2.63 bits per heavy atom. The number of amides is 2. The number of nitriles is 1. The SMILES string of the molecule is CN1CCN(CC(=O)N(C)c2ccc(N=C(c3ccc4c(c3)OCC4)C3C(=O)Nc4cc(C#N)ccc43)cc2)CC1. The fourth-order valence-electron chi connectivity index (χ4n) is 5.56. The van der Waals surface area contributed by atoms with Gasteiger partial charge in [0, 0.05) is 56.6 Å². The van der Waals surface area contributed by atoms with E-state index < -0.39 is 5.92 Å². The highest BCUT2D eigenvalue weighted by molar-refractivity contribution is 6.24. The Morgan fingerprint density at radius 2 is 1.88 bits per heavy atom. The van der Waals surface area contributed by atoms with Crippen LogP contribution in [0.2, 0.25) is 0 Å². The van der Waals surface area contributed by atoms with Crippen molar-refractivity contribution in [1.29, 1.82) is 5.26 Å². The molecule has 1 atom stereocenters. The van der Waals surface area contributed by atoms with Crippen LogP contribution in [0.1, 0.15) is 28.2 Å². The average Bonchev–Trinajstić information content (AvgIpc) is 3.59. The first kappa shape index (κ1) is 26.7. The zero-order chi connectivity index (χ0) is 28.5. The van der Waals surface area contributed by atoms with Gasteiger partial charge in [0.1, 0.15) is 11.7 Å². The molecule has 6 rings (SSSR count). The number of hydrogen-bond acceptors (Lipinski definition) is 7. The fourth-order valence-corrected chi connectivity index (χ4v) is 5.56. The first-order valence-electron chi connectivity index (χ1n) is 13.9. The number of anilines is 2. The molecule has 1 N–H and O–H groups in total. The Bertz CT molecular complexity index is 1570. The molecule has 3 aliphatic rings. The van der Waals surface area contributed by atoms with E-state index >= 15 is 0 Å². The second-order valence-corrected chi connectivity index (χ2v) is 10.8. The molecule has 41 heavy (non-hydrogen) atoms. The molecule has 3 aromatic rings. The van der Waals surface area contributed by atoms with Crippen molar-refractivity contribution in [2.24, 2.45) is 4.99 Å². The lowest BCUT2D eigenvalue weighted by Crippen LogP contribution is -2.48. The quantitative estimate of drug-likeness (QED) is 0.473. The van der Waals surface area contributed by atoms with E-state index in [1.165, 1.54) is 0 Å². The molecule has 1 fully saturated rings. The number of nitrogens with zero attached hydrogens (tertiary/aromatic N) is 5. The van der Waals surface area contributed by atoms with Gasteiger partial charge in [-0.3, -0.25) is 19.5 Å². The molecule has 3 aliphatic heterocycles. The summed E-state index contributed by atoms with van der Waals surface area (Å²) in [5.41, 5.74) is 5.86. The van der Waals surface area contributed by atoms with Crippen molar-refractivity contribution < 1.29 is 14.3 Å². The van der Waals surface area contributed by atoms with Crippen molar-refractivity contribution in [3.05, 3.63) is 82.9 Å². The number of rotatable bonds is 6. The highest BCUT2D eigenvalue weighted by Gasteiger charge is 2.36. The summed E-state index contributed by atoms with van der Waals surface area (Å²) in [6, 6.07) is 20.8. The molecule has 3 heterocycles. The van der Waals surface area contributed by atoms with E-state index in [1.807, 2.05) is 48.5 Å². The van der Waals surface area contributed by atoms with E-state index in [9.17, 15) is 14.9 Å². The fraction of sp³-hybridized carbons (Fsp3) is 0.312. The minimum Gasteiger partial charge on any atom is -0.493 e. The predicted octanol–water partition coefficient (Wildman–Crippen LogP) is 3.56. The van der Waals surface area contributed by atoms with Crippen molar-refractivity contribution in [3.8, 4) is 11.8 Å². The summed E-state index contributed by atoms with van der Waals surface area (Å²) in [5.74, 6) is 0.0101. The molecule has 1 saturated heterocycles. The molecule has 0 bridgehead atoms. The van der Waals surface area contributed by atoms with E-state index in [0.29, 0.717) is 35.8 Å². The first-order chi connectivity index (χ1) is 19.9. The lowest BCUT2D eigenvalue weighted by Gasteiger charge is -2.32. The van der Waals surface area contributed by atoms with E-state index in [2.05, 4.69) is 28.2 Å². The van der Waals surface area contributed by atoms with E-state index in [-0.39, 0.29) is 11.8 Å². The van der Waals surface area contributed by atoms with E-state index in [1.54, 1.807) is 24.1 Å². The second kappa shape index (κ2) is 11.2. The summed E-state index contributed by atoms with van der Waals surface area (Å²) in [5, 5.41) is 12.3. The van der Waals surface area contributed by atoms with Crippen LogP contribution in [0, 0.1) is 11.3 Å². The minimum absolute atomic E-state index is 0.0422. The highest BCUT2D eigenvalue weighted by atomic mass is 16.5. The number of carbonyl (C=O) groups is 2. The van der Waals surface area contributed by atoms with Crippen molar-refractivity contribution >= 4 is 34.6 Å². The Hall–Kier alpha value is -4.52. The van der Waals surface area contributed by atoms with Crippen LogP contribution in [0.3, 0.4) is 0 Å². The van der Waals surface area contributed by atoms with Crippen LogP contribution >= 0.6 is 0 Å². The van der Waals surface area contributed by atoms with Gasteiger partial charge in [0.25, 0.3) is 0 Å². The number of ether oxygens (including phenoxy) is 1. The lowest BCUT2D eigenvalue weighted by molar-refractivity contribution is -0.120. The zero-order valence-corrected chi connectivity index (χ0v) is 23.3. The molecular formula is C32H32N6O3. The molecule has 1 unspecified atom stereocenters. The third-order valence-electron chi connectivity index (χ3n) is 8.09. The number of fused-ring (bicyclic) bond motifs is 2. The van der Waals surface area contributed by atoms with Crippen LogP contribution in [0.15, 0.2) is 65.7 Å². The number of hydrogen-bond donors (Lipinski definition) is 1. The monoisotopic (exact) mass is 548 g/mol. The molecule has 3 aromatic carbocycles. The minimum atomic E-state index is -0.648. The molecule has 0 spiro atoms. The molecule has 9 nitrogen and oxygen atoms in total. The van der Waals surface area contributed by atoms with Crippen LogP contribution in [0.5, 0.6) is 5.75 Å². The van der Waals surface area contributed by atoms with Gasteiger partial charge >= 0.3 is 0 Å². The van der Waals surface area contributed by atoms with Crippen molar-refractivity contribution in [2.45, 2.75) is 12.3 Å². The van der Waals surface area contributed by atoms with Gasteiger partial charge < -0.3 is 19.9 Å². The first-order valence-corrected chi connectivity index (χ1v) is 13.9. The van der Waals surface area contributed by atoms with Crippen molar-refractivity contribution in [2.75, 3.05) is 63.6 Å². The molecule has 0 aromatic heterocycles.